The van der Waals surface area contributed by atoms with Crippen molar-refractivity contribution in [3.8, 4) is 0 Å². The number of carbonyl (C=O) groups excluding carboxylic acids is 1. The predicted octanol–water partition coefficient (Wildman–Crippen LogP) is 4.64. The fourth-order valence-electron chi connectivity index (χ4n) is 4.22. The van der Waals surface area contributed by atoms with Crippen LogP contribution in [0.5, 0.6) is 0 Å². The number of nitrogens with one attached hydrogen (secondary N) is 2. The van der Waals surface area contributed by atoms with E-state index in [2.05, 4.69) is 40.3 Å². The van der Waals surface area contributed by atoms with Crippen LogP contribution in [0.2, 0.25) is 0 Å². The number of nitrogens with zero attached hydrogens (tertiary/aromatic N) is 1. The molecule has 5 heteroatoms. The van der Waals surface area contributed by atoms with Gasteiger partial charge in [-0.2, -0.15) is 0 Å². The molecule has 5 nitrogen and oxygen atoms in total. The van der Waals surface area contributed by atoms with Crippen molar-refractivity contribution in [2.24, 2.45) is 5.92 Å². The first-order valence-corrected chi connectivity index (χ1v) is 11.3. The monoisotopic (exact) mass is 417 g/mol. The molecule has 1 unspecified atom stereocenters. The van der Waals surface area contributed by atoms with Gasteiger partial charge in [0.25, 0.3) is 11.5 Å². The van der Waals surface area contributed by atoms with Crippen LogP contribution >= 0.6 is 0 Å². The zero-order chi connectivity index (χ0) is 21.8. The predicted molar refractivity (Wildman–Crippen MR) is 125 cm³/mol. The molecule has 31 heavy (non-hydrogen) atoms. The number of amides is 1. The van der Waals surface area contributed by atoms with Gasteiger partial charge in [0, 0.05) is 18.8 Å². The van der Waals surface area contributed by atoms with Gasteiger partial charge in [0.1, 0.15) is 5.56 Å². The van der Waals surface area contributed by atoms with Gasteiger partial charge in [-0.05, 0) is 67.1 Å². The fourth-order valence-corrected chi connectivity index (χ4v) is 4.22. The highest BCUT2D eigenvalue weighted by Crippen LogP contribution is 2.30. The number of rotatable bonds is 9. The van der Waals surface area contributed by atoms with E-state index in [1.807, 2.05) is 37.3 Å². The lowest BCUT2D eigenvalue weighted by atomic mass is 9.99. The molecule has 162 valence electrons. The summed E-state index contributed by atoms with van der Waals surface area (Å²) in [6, 6.07) is 17.5. The molecule has 0 spiro atoms. The lowest BCUT2D eigenvalue weighted by molar-refractivity contribution is 0.0938. The molecule has 1 heterocycles. The van der Waals surface area contributed by atoms with Crippen LogP contribution in [0.3, 0.4) is 0 Å². The number of H-pyrrole nitrogens is 1. The molecular formula is C26H31N3O2. The average molecular weight is 418 g/mol. The Bertz CT molecular complexity index is 1110. The van der Waals surface area contributed by atoms with E-state index in [9.17, 15) is 9.59 Å². The van der Waals surface area contributed by atoms with Gasteiger partial charge in [0.05, 0.1) is 6.04 Å². The van der Waals surface area contributed by atoms with Crippen molar-refractivity contribution >= 4 is 16.7 Å². The van der Waals surface area contributed by atoms with Gasteiger partial charge < -0.3 is 10.3 Å². The summed E-state index contributed by atoms with van der Waals surface area (Å²) in [5.41, 5.74) is 1.72. The summed E-state index contributed by atoms with van der Waals surface area (Å²) in [7, 11) is 0. The molecule has 0 bridgehead atoms. The van der Waals surface area contributed by atoms with Gasteiger partial charge >= 0.3 is 0 Å². The Morgan fingerprint density at radius 1 is 1.13 bits per heavy atom. The Morgan fingerprint density at radius 2 is 1.90 bits per heavy atom. The maximum absolute atomic E-state index is 12.8. The molecule has 0 saturated heterocycles. The quantitative estimate of drug-likeness (QED) is 0.533. The van der Waals surface area contributed by atoms with Crippen molar-refractivity contribution in [3.05, 3.63) is 81.8 Å². The third-order valence-electron chi connectivity index (χ3n) is 6.00. The second-order valence-corrected chi connectivity index (χ2v) is 8.67. The van der Waals surface area contributed by atoms with Crippen molar-refractivity contribution in [2.75, 3.05) is 13.1 Å². The maximum Gasteiger partial charge on any atom is 0.261 e. The van der Waals surface area contributed by atoms with Crippen molar-refractivity contribution in [3.63, 3.8) is 0 Å². The fraction of sp³-hybridized carbons (Fsp3) is 0.385. The topological polar surface area (TPSA) is 65.2 Å². The molecule has 1 aliphatic carbocycles. The minimum atomic E-state index is -0.350. The summed E-state index contributed by atoms with van der Waals surface area (Å²) in [5.74, 6) is 0.454. The van der Waals surface area contributed by atoms with E-state index < -0.39 is 0 Å². The summed E-state index contributed by atoms with van der Waals surface area (Å²) in [6.45, 7) is 6.94. The van der Waals surface area contributed by atoms with E-state index in [-0.39, 0.29) is 23.1 Å². The van der Waals surface area contributed by atoms with Crippen LogP contribution in [-0.2, 0) is 6.54 Å². The van der Waals surface area contributed by atoms with Crippen LogP contribution in [0.25, 0.3) is 10.8 Å². The van der Waals surface area contributed by atoms with Crippen LogP contribution < -0.4 is 10.9 Å². The summed E-state index contributed by atoms with van der Waals surface area (Å²) >= 11 is 0. The Kier molecular flexibility index (Phi) is 6.52. The molecule has 2 aromatic carbocycles. The van der Waals surface area contributed by atoms with Crippen LogP contribution in [-0.4, -0.2) is 28.9 Å². The van der Waals surface area contributed by atoms with E-state index in [1.54, 1.807) is 6.07 Å². The number of hydrogen-bond acceptors (Lipinski definition) is 3. The average Bonchev–Trinajstić information content (AvgIpc) is 3.57. The van der Waals surface area contributed by atoms with E-state index in [0.29, 0.717) is 6.54 Å². The molecule has 0 radical (unpaired) electrons. The summed E-state index contributed by atoms with van der Waals surface area (Å²) in [5, 5.41) is 5.23. The van der Waals surface area contributed by atoms with Gasteiger partial charge in [-0.1, -0.05) is 49.4 Å². The smallest absolute Gasteiger partial charge is 0.261 e. The number of fused-ring (bicyclic) bond motifs is 1. The molecule has 1 aromatic heterocycles. The molecule has 1 amide bonds. The summed E-state index contributed by atoms with van der Waals surface area (Å²) in [4.78, 5) is 30.8. The van der Waals surface area contributed by atoms with Crippen molar-refractivity contribution in [2.45, 2.75) is 45.7 Å². The molecule has 0 aliphatic heterocycles. The molecule has 4 rings (SSSR count). The normalized spacial score (nSPS) is 14.7. The highest BCUT2D eigenvalue weighted by Gasteiger charge is 2.24. The van der Waals surface area contributed by atoms with Gasteiger partial charge in [0.15, 0.2) is 0 Å². The highest BCUT2D eigenvalue weighted by molar-refractivity contribution is 5.94. The number of pyridine rings is 1. The lowest BCUT2D eigenvalue weighted by Crippen LogP contribution is -2.33. The van der Waals surface area contributed by atoms with Crippen LogP contribution in [0.15, 0.2) is 59.4 Å². The molecular weight excluding hydrogens is 386 g/mol. The highest BCUT2D eigenvalue weighted by atomic mass is 16.2. The Hall–Kier alpha value is -2.92. The maximum atomic E-state index is 12.8. The van der Waals surface area contributed by atoms with Crippen molar-refractivity contribution < 1.29 is 4.79 Å². The second kappa shape index (κ2) is 9.48. The summed E-state index contributed by atoms with van der Waals surface area (Å²) < 4.78 is 0. The first-order chi connectivity index (χ1) is 15.0. The standard InChI is InChI=1S/C26H31N3O2/c1-3-15-29(16-19-11-12-19)17-21-13-14-24(26(31)28-21)25(30)27-18(2)22-10-6-8-20-7-4-5-9-23(20)22/h4-10,13-14,18-19H,3,11-12,15-17H2,1-2H3,(H,27,30)(H,28,31). The number of carbonyl (C=O) groups is 1. The molecule has 1 atom stereocenters. The molecule has 1 fully saturated rings. The van der Waals surface area contributed by atoms with Crippen molar-refractivity contribution in [1.29, 1.82) is 0 Å². The minimum absolute atomic E-state index is 0.153. The molecule has 1 saturated carbocycles. The first kappa shape index (κ1) is 21.3. The van der Waals surface area contributed by atoms with Crippen LogP contribution in [0.1, 0.15) is 60.8 Å². The van der Waals surface area contributed by atoms with Gasteiger partial charge in [0.2, 0.25) is 0 Å². The SMILES string of the molecule is CCCN(Cc1ccc(C(=O)NC(C)c2cccc3ccccc23)c(=O)[nH]1)CC1CC1. The van der Waals surface area contributed by atoms with Gasteiger partial charge in [-0.25, -0.2) is 0 Å². The Balaban J connectivity index is 1.46. The third kappa shape index (κ3) is 5.23. The van der Waals surface area contributed by atoms with E-state index >= 15 is 0 Å². The molecule has 1 aliphatic rings. The third-order valence-corrected chi connectivity index (χ3v) is 6.00. The zero-order valence-electron chi connectivity index (χ0n) is 18.4. The number of aromatic amines is 1. The molecule has 2 N–H and O–H groups in total. The summed E-state index contributed by atoms with van der Waals surface area (Å²) in [6.07, 6.45) is 3.71. The van der Waals surface area contributed by atoms with Crippen LogP contribution in [0, 0.1) is 5.92 Å². The second-order valence-electron chi connectivity index (χ2n) is 8.67. The van der Waals surface area contributed by atoms with Gasteiger partial charge in [-0.3, -0.25) is 14.5 Å². The van der Waals surface area contributed by atoms with E-state index in [4.69, 9.17) is 0 Å². The van der Waals surface area contributed by atoms with Crippen LogP contribution in [0.4, 0.5) is 0 Å². The largest absolute Gasteiger partial charge is 0.345 e. The Morgan fingerprint density at radius 3 is 2.65 bits per heavy atom. The number of benzene rings is 2. The van der Waals surface area contributed by atoms with E-state index in [0.717, 1.165) is 47.5 Å². The first-order valence-electron chi connectivity index (χ1n) is 11.3. The van der Waals surface area contributed by atoms with Gasteiger partial charge in [-0.15, -0.1) is 0 Å². The number of aromatic nitrogens is 1. The van der Waals surface area contributed by atoms with Crippen molar-refractivity contribution in [1.82, 2.24) is 15.2 Å². The number of hydrogen-bond donors (Lipinski definition) is 2. The Labute approximate surface area is 183 Å². The lowest BCUT2D eigenvalue weighted by Gasteiger charge is -2.21. The minimum Gasteiger partial charge on any atom is -0.345 e. The van der Waals surface area contributed by atoms with E-state index in [1.165, 1.54) is 12.8 Å². The zero-order valence-corrected chi connectivity index (χ0v) is 18.4. The molecule has 3 aromatic rings.